The van der Waals surface area contributed by atoms with Crippen LogP contribution in [0.15, 0.2) is 0 Å². The van der Waals surface area contributed by atoms with Gasteiger partial charge >= 0.3 is 0 Å². The van der Waals surface area contributed by atoms with E-state index in [1.165, 1.54) is 0 Å². The van der Waals surface area contributed by atoms with Gasteiger partial charge in [0.25, 0.3) is 0 Å². The van der Waals surface area contributed by atoms with E-state index in [4.69, 9.17) is 0 Å². The van der Waals surface area contributed by atoms with E-state index in [1.54, 1.807) is 11.9 Å². The summed E-state index contributed by atoms with van der Waals surface area (Å²) in [5.74, 6) is 0.144. The van der Waals surface area contributed by atoms with Crippen LogP contribution in [0.1, 0.15) is 6.42 Å². The van der Waals surface area contributed by atoms with Crippen molar-refractivity contribution < 1.29 is 8.42 Å². The van der Waals surface area contributed by atoms with Crippen LogP contribution >= 0.6 is 0 Å². The molecule has 0 aliphatic rings. The summed E-state index contributed by atoms with van der Waals surface area (Å²) < 4.78 is 20.1. The van der Waals surface area contributed by atoms with Crippen LogP contribution in [0.5, 0.6) is 0 Å². The second-order valence-electron chi connectivity index (χ2n) is 1.91. The van der Waals surface area contributed by atoms with Gasteiger partial charge in [0.15, 0.2) is 10.7 Å². The second kappa shape index (κ2) is 4.76. The molecule has 0 saturated carbocycles. The molecule has 0 aromatic rings. The first-order valence-electron chi connectivity index (χ1n) is 2.76. The van der Waals surface area contributed by atoms with Gasteiger partial charge in [-0.2, -0.15) is 0 Å². The molecule has 0 amide bonds. The standard InChI is InChI=1S/C5H12NO2S/c1-3-4-6(2)5-9(7)8/h9H,1,3-5H2,2H3. The van der Waals surface area contributed by atoms with Gasteiger partial charge in [-0.3, -0.25) is 4.90 Å². The van der Waals surface area contributed by atoms with Gasteiger partial charge < -0.3 is 0 Å². The number of hydrogen-bond acceptors (Lipinski definition) is 3. The van der Waals surface area contributed by atoms with Crippen LogP contribution < -0.4 is 0 Å². The maximum Gasteiger partial charge on any atom is 0.153 e. The van der Waals surface area contributed by atoms with Gasteiger partial charge in [-0.25, -0.2) is 8.42 Å². The molecule has 0 aliphatic heterocycles. The fourth-order valence-corrected chi connectivity index (χ4v) is 1.07. The fourth-order valence-electron chi connectivity index (χ4n) is 0.538. The fraction of sp³-hybridized carbons (Fsp3) is 0.800. The summed E-state index contributed by atoms with van der Waals surface area (Å²) in [6.07, 6.45) is 0.750. The highest BCUT2D eigenvalue weighted by molar-refractivity contribution is 7.72. The van der Waals surface area contributed by atoms with Gasteiger partial charge in [0.1, 0.15) is 0 Å². The molecular formula is C5H12NO2S. The van der Waals surface area contributed by atoms with Crippen molar-refractivity contribution in [3.8, 4) is 0 Å². The Bertz CT molecular complexity index is 125. The molecule has 0 fully saturated rings. The van der Waals surface area contributed by atoms with Gasteiger partial charge in [-0.15, -0.1) is 0 Å². The second-order valence-corrected chi connectivity index (χ2v) is 2.86. The molecule has 3 nitrogen and oxygen atoms in total. The molecule has 0 atom stereocenters. The third-order valence-electron chi connectivity index (χ3n) is 0.897. The van der Waals surface area contributed by atoms with E-state index >= 15 is 0 Å². The van der Waals surface area contributed by atoms with Crippen molar-refractivity contribution in [3.63, 3.8) is 0 Å². The van der Waals surface area contributed by atoms with Gasteiger partial charge in [-0.1, -0.05) is 6.92 Å². The van der Waals surface area contributed by atoms with Crippen LogP contribution in [0, 0.1) is 6.92 Å². The summed E-state index contributed by atoms with van der Waals surface area (Å²) in [6, 6.07) is 0. The average molecular weight is 150 g/mol. The summed E-state index contributed by atoms with van der Waals surface area (Å²) in [5, 5.41) is 0. The molecule has 0 aromatic carbocycles. The molecule has 0 rings (SSSR count). The summed E-state index contributed by atoms with van der Waals surface area (Å²) in [7, 11) is -0.493. The Balaban J connectivity index is 3.37. The van der Waals surface area contributed by atoms with E-state index in [1.807, 2.05) is 0 Å². The van der Waals surface area contributed by atoms with Gasteiger partial charge in [0.05, 0.1) is 5.88 Å². The quantitative estimate of drug-likeness (QED) is 0.560. The highest BCUT2D eigenvalue weighted by atomic mass is 32.2. The molecule has 0 aromatic heterocycles. The van der Waals surface area contributed by atoms with Crippen molar-refractivity contribution in [2.75, 3.05) is 19.5 Å². The molecule has 0 saturated heterocycles. The monoisotopic (exact) mass is 150 g/mol. The van der Waals surface area contributed by atoms with E-state index < -0.39 is 10.7 Å². The zero-order valence-corrected chi connectivity index (χ0v) is 6.43. The molecule has 0 N–H and O–H groups in total. The van der Waals surface area contributed by atoms with Gasteiger partial charge in [-0.05, 0) is 20.0 Å². The number of thiol groups is 1. The lowest BCUT2D eigenvalue weighted by Gasteiger charge is -2.09. The van der Waals surface area contributed by atoms with Gasteiger partial charge in [0.2, 0.25) is 0 Å². The zero-order chi connectivity index (χ0) is 7.28. The normalized spacial score (nSPS) is 11.1. The van der Waals surface area contributed by atoms with Crippen molar-refractivity contribution in [2.45, 2.75) is 6.42 Å². The number of rotatable bonds is 4. The summed E-state index contributed by atoms with van der Waals surface area (Å²) in [6.45, 7) is 4.33. The van der Waals surface area contributed by atoms with Crippen LogP contribution in [0.2, 0.25) is 0 Å². The molecule has 1 radical (unpaired) electrons. The van der Waals surface area contributed by atoms with E-state index in [0.717, 1.165) is 13.0 Å². The Labute approximate surface area is 57.6 Å². The van der Waals surface area contributed by atoms with Crippen LogP contribution in [-0.2, 0) is 10.7 Å². The predicted molar refractivity (Wildman–Crippen MR) is 37.8 cm³/mol. The Hall–Kier alpha value is -0.0900. The molecular weight excluding hydrogens is 138 g/mol. The first-order chi connectivity index (χ1) is 4.16. The van der Waals surface area contributed by atoms with Crippen molar-refractivity contribution in [1.29, 1.82) is 0 Å². The minimum absolute atomic E-state index is 0.144. The predicted octanol–water partition coefficient (Wildman–Crippen LogP) is -0.289. The van der Waals surface area contributed by atoms with Crippen molar-refractivity contribution in [2.24, 2.45) is 0 Å². The molecule has 4 heteroatoms. The summed E-state index contributed by atoms with van der Waals surface area (Å²) >= 11 is 0. The number of nitrogens with zero attached hydrogens (tertiary/aromatic N) is 1. The lowest BCUT2D eigenvalue weighted by atomic mass is 10.5. The van der Waals surface area contributed by atoms with Gasteiger partial charge in [0, 0.05) is 0 Å². The lowest BCUT2D eigenvalue weighted by molar-refractivity contribution is 0.391. The molecule has 0 heterocycles. The van der Waals surface area contributed by atoms with E-state index in [2.05, 4.69) is 6.92 Å². The molecule has 0 aliphatic carbocycles. The van der Waals surface area contributed by atoms with Crippen LogP contribution in [0.25, 0.3) is 0 Å². The first-order valence-corrected chi connectivity index (χ1v) is 4.12. The van der Waals surface area contributed by atoms with Crippen LogP contribution in [0.3, 0.4) is 0 Å². The molecule has 55 valence electrons. The topological polar surface area (TPSA) is 37.4 Å². The number of hydrogen-bond donors (Lipinski definition) is 1. The highest BCUT2D eigenvalue weighted by Crippen LogP contribution is 1.83. The van der Waals surface area contributed by atoms with Crippen molar-refractivity contribution in [1.82, 2.24) is 4.90 Å². The first kappa shape index (κ1) is 8.91. The summed E-state index contributed by atoms with van der Waals surface area (Å²) in [4.78, 5) is 1.72. The Morgan fingerprint density at radius 2 is 2.11 bits per heavy atom. The largest absolute Gasteiger partial charge is 0.293 e. The zero-order valence-electron chi connectivity index (χ0n) is 5.54. The van der Waals surface area contributed by atoms with Crippen molar-refractivity contribution >= 4 is 10.7 Å². The van der Waals surface area contributed by atoms with E-state index in [9.17, 15) is 8.42 Å². The third-order valence-corrected chi connectivity index (χ3v) is 1.61. The molecule has 0 spiro atoms. The maximum absolute atomic E-state index is 10.1. The van der Waals surface area contributed by atoms with Crippen LogP contribution in [-0.4, -0.2) is 32.8 Å². The Morgan fingerprint density at radius 1 is 1.56 bits per heavy atom. The highest BCUT2D eigenvalue weighted by Gasteiger charge is 1.94. The Kier molecular flexibility index (Phi) is 4.71. The SMILES string of the molecule is [CH2]CCN(C)C[SH](=O)=O. The molecule has 0 bridgehead atoms. The maximum atomic E-state index is 10.1. The average Bonchev–Trinajstić information content (AvgIpc) is 1.63. The third kappa shape index (κ3) is 5.79. The van der Waals surface area contributed by atoms with Crippen molar-refractivity contribution in [3.05, 3.63) is 6.92 Å². The molecule has 9 heavy (non-hydrogen) atoms. The van der Waals surface area contributed by atoms with E-state index in [0.29, 0.717) is 0 Å². The minimum Gasteiger partial charge on any atom is -0.293 e. The smallest absolute Gasteiger partial charge is 0.153 e. The summed E-state index contributed by atoms with van der Waals surface area (Å²) in [5.41, 5.74) is 0. The van der Waals surface area contributed by atoms with Crippen LogP contribution in [0.4, 0.5) is 0 Å². The molecule has 0 unspecified atom stereocenters. The Morgan fingerprint density at radius 3 is 2.44 bits per heavy atom. The lowest BCUT2D eigenvalue weighted by Crippen LogP contribution is -2.20. The minimum atomic E-state index is -2.25. The van der Waals surface area contributed by atoms with E-state index in [-0.39, 0.29) is 5.88 Å².